The minimum atomic E-state index is -3.90. The van der Waals surface area contributed by atoms with Gasteiger partial charge in [0.1, 0.15) is 0 Å². The zero-order valence-corrected chi connectivity index (χ0v) is 20.5. The third-order valence-corrected chi connectivity index (χ3v) is 8.18. The number of esters is 1. The lowest BCUT2D eigenvalue weighted by molar-refractivity contribution is -0.140. The maximum Gasteiger partial charge on any atom is 0.338 e. The number of amides is 1. The van der Waals surface area contributed by atoms with Crippen molar-refractivity contribution in [2.75, 3.05) is 17.5 Å². The van der Waals surface area contributed by atoms with Gasteiger partial charge in [-0.2, -0.15) is 0 Å². The normalized spacial score (nSPS) is 18.6. The monoisotopic (exact) mass is 472 g/mol. The van der Waals surface area contributed by atoms with Crippen LogP contribution in [-0.4, -0.2) is 50.4 Å². The lowest BCUT2D eigenvalue weighted by Crippen LogP contribution is -2.49. The lowest BCUT2D eigenvalue weighted by Gasteiger charge is -2.38. The summed E-state index contributed by atoms with van der Waals surface area (Å²) >= 11 is 0. The van der Waals surface area contributed by atoms with E-state index in [0.717, 1.165) is 19.3 Å². The number of nitrogens with zero attached hydrogens (tertiary/aromatic N) is 2. The number of anilines is 1. The summed E-state index contributed by atoms with van der Waals surface area (Å²) in [5, 5.41) is 0. The number of piperidine rings is 1. The minimum absolute atomic E-state index is 0.0345. The first-order chi connectivity index (χ1) is 15.7. The molecule has 0 radical (unpaired) electrons. The van der Waals surface area contributed by atoms with Gasteiger partial charge in [0.05, 0.1) is 16.1 Å². The Balaban J connectivity index is 1.79. The van der Waals surface area contributed by atoms with Crippen LogP contribution in [0.2, 0.25) is 0 Å². The number of likely N-dealkylation sites (tertiary alicyclic amines) is 1. The highest BCUT2D eigenvalue weighted by Gasteiger charge is 2.30. The molecule has 1 saturated heterocycles. The number of aryl methyl sites for hydroxylation is 1. The average molecular weight is 473 g/mol. The molecule has 0 spiro atoms. The molecule has 1 aliphatic heterocycles. The van der Waals surface area contributed by atoms with E-state index >= 15 is 0 Å². The summed E-state index contributed by atoms with van der Waals surface area (Å²) in [7, 11) is -3.90. The lowest BCUT2D eigenvalue weighted by atomic mass is 9.97. The van der Waals surface area contributed by atoms with Crippen molar-refractivity contribution in [3.05, 3.63) is 59.7 Å². The first-order valence-electron chi connectivity index (χ1n) is 11.3. The predicted molar refractivity (Wildman–Crippen MR) is 128 cm³/mol. The van der Waals surface area contributed by atoms with Crippen LogP contribution in [-0.2, 0) is 19.6 Å². The summed E-state index contributed by atoms with van der Waals surface area (Å²) < 4.78 is 33.4. The Kier molecular flexibility index (Phi) is 7.79. The molecule has 2 aromatic rings. The van der Waals surface area contributed by atoms with Gasteiger partial charge in [0.15, 0.2) is 6.61 Å². The van der Waals surface area contributed by atoms with Crippen molar-refractivity contribution in [2.45, 2.75) is 63.9 Å². The van der Waals surface area contributed by atoms with Gasteiger partial charge in [-0.15, -0.1) is 0 Å². The first kappa shape index (κ1) is 24.8. The highest BCUT2D eigenvalue weighted by atomic mass is 32.2. The molecule has 0 bridgehead atoms. The fourth-order valence-corrected chi connectivity index (χ4v) is 6.13. The summed E-state index contributed by atoms with van der Waals surface area (Å²) in [4.78, 5) is 27.2. The third kappa shape index (κ3) is 5.38. The molecule has 3 rings (SSSR count). The molecule has 7 nitrogen and oxygen atoms in total. The fraction of sp³-hybridized carbons (Fsp3) is 0.440. The van der Waals surface area contributed by atoms with E-state index in [2.05, 4.69) is 0 Å². The second-order valence-electron chi connectivity index (χ2n) is 8.49. The second-order valence-corrected chi connectivity index (χ2v) is 10.3. The molecule has 1 heterocycles. The van der Waals surface area contributed by atoms with Crippen LogP contribution in [0.25, 0.3) is 0 Å². The minimum Gasteiger partial charge on any atom is -0.452 e. The van der Waals surface area contributed by atoms with Crippen molar-refractivity contribution < 1.29 is 22.7 Å². The van der Waals surface area contributed by atoms with Crippen molar-refractivity contribution in [2.24, 2.45) is 0 Å². The van der Waals surface area contributed by atoms with Crippen LogP contribution in [0.1, 0.15) is 56.0 Å². The number of benzene rings is 2. The Bertz CT molecular complexity index is 1090. The van der Waals surface area contributed by atoms with Crippen molar-refractivity contribution in [3.63, 3.8) is 0 Å². The number of ether oxygens (including phenoxy) is 1. The summed E-state index contributed by atoms with van der Waals surface area (Å²) in [6.45, 7) is 7.31. The van der Waals surface area contributed by atoms with Gasteiger partial charge < -0.3 is 9.64 Å². The zero-order chi connectivity index (χ0) is 24.2. The Morgan fingerprint density at radius 2 is 1.70 bits per heavy atom. The van der Waals surface area contributed by atoms with Crippen molar-refractivity contribution >= 4 is 27.6 Å². The van der Waals surface area contributed by atoms with Crippen molar-refractivity contribution in [1.29, 1.82) is 0 Å². The summed E-state index contributed by atoms with van der Waals surface area (Å²) in [6.07, 6.45) is 2.93. The van der Waals surface area contributed by atoms with Crippen molar-refractivity contribution in [1.82, 2.24) is 4.90 Å². The number of carbonyl (C=O) groups excluding carboxylic acids is 2. The Labute approximate surface area is 196 Å². The van der Waals surface area contributed by atoms with Crippen LogP contribution in [0.15, 0.2) is 53.4 Å². The van der Waals surface area contributed by atoms with Crippen LogP contribution >= 0.6 is 0 Å². The van der Waals surface area contributed by atoms with Gasteiger partial charge in [0.25, 0.3) is 15.9 Å². The van der Waals surface area contributed by atoms with Gasteiger partial charge in [-0.25, -0.2) is 13.2 Å². The van der Waals surface area contributed by atoms with Crippen LogP contribution < -0.4 is 4.31 Å². The molecular weight excluding hydrogens is 440 g/mol. The van der Waals surface area contributed by atoms with E-state index in [1.165, 1.54) is 16.4 Å². The quantitative estimate of drug-likeness (QED) is 0.565. The standard InChI is InChI=1S/C25H32N2O5S/c1-5-26(22-12-7-6-8-13-22)33(30,31)23-16-21(15-14-18(23)2)25(29)32-17-24(28)27-19(3)10-9-11-20(27)4/h6-8,12-16,19-20H,5,9-11,17H2,1-4H3/t19-,20-/m1/s1. The number of rotatable bonds is 7. The topological polar surface area (TPSA) is 84.0 Å². The van der Waals surface area contributed by atoms with Crippen molar-refractivity contribution in [3.8, 4) is 0 Å². The van der Waals surface area contributed by atoms with Crippen LogP contribution in [0.3, 0.4) is 0 Å². The predicted octanol–water partition coefficient (Wildman–Crippen LogP) is 4.16. The number of sulfonamides is 1. The number of hydrogen-bond donors (Lipinski definition) is 0. The average Bonchev–Trinajstić information content (AvgIpc) is 2.78. The Morgan fingerprint density at radius 3 is 2.30 bits per heavy atom. The molecule has 0 aliphatic carbocycles. The first-order valence-corrected chi connectivity index (χ1v) is 12.8. The van der Waals surface area contributed by atoms with Gasteiger partial charge in [-0.1, -0.05) is 24.3 Å². The largest absolute Gasteiger partial charge is 0.452 e. The highest BCUT2D eigenvalue weighted by molar-refractivity contribution is 7.92. The van der Waals surface area contributed by atoms with Crippen LogP contribution in [0, 0.1) is 6.92 Å². The molecule has 178 valence electrons. The zero-order valence-electron chi connectivity index (χ0n) is 19.7. The van der Waals surface area contributed by atoms with E-state index in [0.29, 0.717) is 11.3 Å². The second kappa shape index (κ2) is 10.4. The molecule has 1 fully saturated rings. The summed E-state index contributed by atoms with van der Waals surface area (Å²) in [5.41, 5.74) is 1.16. The van der Waals surface area contributed by atoms with Gasteiger partial charge in [0.2, 0.25) is 0 Å². The Morgan fingerprint density at radius 1 is 1.06 bits per heavy atom. The Hall–Kier alpha value is -2.87. The molecule has 0 aromatic heterocycles. The molecule has 0 N–H and O–H groups in total. The van der Waals surface area contributed by atoms with Crippen LogP contribution in [0.4, 0.5) is 5.69 Å². The highest BCUT2D eigenvalue weighted by Crippen LogP contribution is 2.27. The van der Waals surface area contributed by atoms with E-state index in [4.69, 9.17) is 4.74 Å². The van der Waals surface area contributed by atoms with Crippen LogP contribution in [0.5, 0.6) is 0 Å². The van der Waals surface area contributed by atoms with E-state index in [1.807, 2.05) is 19.9 Å². The number of hydrogen-bond acceptors (Lipinski definition) is 5. The molecule has 33 heavy (non-hydrogen) atoms. The molecule has 0 saturated carbocycles. The van der Waals surface area contributed by atoms with Gasteiger partial charge >= 0.3 is 5.97 Å². The SMILES string of the molecule is CCN(c1ccccc1)S(=O)(=O)c1cc(C(=O)OCC(=O)N2[C@H](C)CCC[C@H]2C)ccc1C. The molecule has 0 unspecified atom stereocenters. The molecule has 8 heteroatoms. The molecule has 1 aliphatic rings. The van der Waals surface area contributed by atoms with E-state index in [-0.39, 0.29) is 41.6 Å². The summed E-state index contributed by atoms with van der Waals surface area (Å²) in [5.74, 6) is -0.955. The number of carbonyl (C=O) groups is 2. The smallest absolute Gasteiger partial charge is 0.338 e. The number of para-hydroxylation sites is 1. The van der Waals surface area contributed by atoms with Gasteiger partial charge in [0, 0.05) is 18.6 Å². The molecule has 2 aromatic carbocycles. The summed E-state index contributed by atoms with van der Waals surface area (Å²) in [6, 6.07) is 13.5. The van der Waals surface area contributed by atoms with Gasteiger partial charge in [-0.3, -0.25) is 9.10 Å². The van der Waals surface area contributed by atoms with E-state index < -0.39 is 16.0 Å². The molecule has 2 atom stereocenters. The molecule has 1 amide bonds. The fourth-order valence-electron chi connectivity index (χ4n) is 4.41. The van der Waals surface area contributed by atoms with E-state index in [1.54, 1.807) is 49.1 Å². The molecular formula is C25H32N2O5S. The van der Waals surface area contributed by atoms with E-state index in [9.17, 15) is 18.0 Å². The third-order valence-electron chi connectivity index (χ3n) is 6.13. The maximum absolute atomic E-state index is 13.4. The van der Waals surface area contributed by atoms with Gasteiger partial charge in [-0.05, 0) is 76.8 Å². The maximum atomic E-state index is 13.4.